The summed E-state index contributed by atoms with van der Waals surface area (Å²) in [5.74, 6) is -0.707. The van der Waals surface area contributed by atoms with Gasteiger partial charge in [-0.05, 0) is 40.2 Å². The Morgan fingerprint density at radius 3 is 2.20 bits per heavy atom. The van der Waals surface area contributed by atoms with E-state index in [9.17, 15) is 9.59 Å². The maximum Gasteiger partial charge on any atom is 0.272 e. The largest absolute Gasteiger partial charge is 0.399 e. The van der Waals surface area contributed by atoms with Crippen molar-refractivity contribution in [2.75, 3.05) is 10.6 Å². The van der Waals surface area contributed by atoms with Gasteiger partial charge in [0.15, 0.2) is 0 Å². The minimum atomic E-state index is -0.357. The lowest BCUT2D eigenvalue weighted by atomic mass is 10.2. The van der Waals surface area contributed by atoms with E-state index in [-0.39, 0.29) is 16.3 Å². The Morgan fingerprint density at radius 2 is 1.73 bits per heavy atom. The first-order chi connectivity index (χ1) is 7.09. The van der Waals surface area contributed by atoms with Crippen molar-refractivity contribution in [3.8, 4) is 0 Å². The molecule has 1 aromatic carbocycles. The Balaban J connectivity index is 2.38. The van der Waals surface area contributed by atoms with Crippen molar-refractivity contribution in [2.45, 2.75) is 0 Å². The molecule has 0 unspecified atom stereocenters. The third-order valence-electron chi connectivity index (χ3n) is 2.03. The van der Waals surface area contributed by atoms with E-state index in [4.69, 9.17) is 5.73 Å². The molecule has 1 heterocycles. The molecule has 2 amide bonds. The Labute approximate surface area is 94.5 Å². The molecule has 76 valence electrons. The van der Waals surface area contributed by atoms with E-state index in [0.29, 0.717) is 11.4 Å². The zero-order valence-electron chi connectivity index (χ0n) is 7.61. The lowest BCUT2D eigenvalue weighted by Gasteiger charge is -2.13. The van der Waals surface area contributed by atoms with Crippen LogP contribution >= 0.6 is 15.9 Å². The molecular weight excluding hydrogens is 260 g/mol. The minimum Gasteiger partial charge on any atom is -0.399 e. The fraction of sp³-hybridized carbons (Fsp3) is 0. The highest BCUT2D eigenvalue weighted by atomic mass is 79.9. The van der Waals surface area contributed by atoms with Crippen molar-refractivity contribution >= 4 is 39.1 Å². The van der Waals surface area contributed by atoms with E-state index >= 15 is 0 Å². The highest BCUT2D eigenvalue weighted by Gasteiger charge is 2.30. The van der Waals surface area contributed by atoms with E-state index in [1.165, 1.54) is 6.08 Å². The fourth-order valence-electron chi connectivity index (χ4n) is 1.31. The number of nitrogen functional groups attached to an aromatic ring is 1. The maximum atomic E-state index is 11.6. The highest BCUT2D eigenvalue weighted by Crippen LogP contribution is 2.25. The van der Waals surface area contributed by atoms with E-state index in [0.717, 1.165) is 4.90 Å². The molecule has 0 radical (unpaired) electrons. The van der Waals surface area contributed by atoms with Crippen LogP contribution in [0.1, 0.15) is 0 Å². The van der Waals surface area contributed by atoms with Gasteiger partial charge >= 0.3 is 0 Å². The van der Waals surface area contributed by atoms with Gasteiger partial charge in [-0.2, -0.15) is 0 Å². The SMILES string of the molecule is Nc1ccc(N2C(=O)C=C(Br)C2=O)cc1. The van der Waals surface area contributed by atoms with Crippen molar-refractivity contribution in [3.63, 3.8) is 0 Å². The lowest BCUT2D eigenvalue weighted by Crippen LogP contribution is -2.30. The Bertz CT molecular complexity index is 465. The van der Waals surface area contributed by atoms with Crippen LogP contribution in [0, 0.1) is 0 Å². The van der Waals surface area contributed by atoms with Gasteiger partial charge in [0.1, 0.15) is 0 Å². The van der Waals surface area contributed by atoms with Gasteiger partial charge in [0.25, 0.3) is 11.8 Å². The van der Waals surface area contributed by atoms with Crippen LogP contribution in [-0.2, 0) is 9.59 Å². The van der Waals surface area contributed by atoms with Gasteiger partial charge in [0.2, 0.25) is 0 Å². The van der Waals surface area contributed by atoms with Crippen LogP contribution in [0.4, 0.5) is 11.4 Å². The second-order valence-corrected chi connectivity index (χ2v) is 3.92. The molecule has 2 rings (SSSR count). The molecule has 2 N–H and O–H groups in total. The number of hydrogen-bond acceptors (Lipinski definition) is 3. The Kier molecular flexibility index (Phi) is 2.32. The number of amides is 2. The van der Waals surface area contributed by atoms with Gasteiger partial charge in [0.05, 0.1) is 10.2 Å². The summed E-state index contributed by atoms with van der Waals surface area (Å²) in [6.45, 7) is 0. The van der Waals surface area contributed by atoms with Crippen LogP contribution in [0.5, 0.6) is 0 Å². The van der Waals surface area contributed by atoms with Crippen LogP contribution in [-0.4, -0.2) is 11.8 Å². The highest BCUT2D eigenvalue weighted by molar-refractivity contribution is 9.12. The van der Waals surface area contributed by atoms with Gasteiger partial charge in [-0.1, -0.05) is 0 Å². The summed E-state index contributed by atoms with van der Waals surface area (Å²) >= 11 is 3.02. The summed E-state index contributed by atoms with van der Waals surface area (Å²) in [5.41, 5.74) is 6.62. The predicted molar refractivity (Wildman–Crippen MR) is 60.4 cm³/mol. The molecule has 1 aliphatic rings. The van der Waals surface area contributed by atoms with E-state index in [1.807, 2.05) is 0 Å². The van der Waals surface area contributed by atoms with Gasteiger partial charge in [-0.15, -0.1) is 0 Å². The molecule has 0 atom stereocenters. The van der Waals surface area contributed by atoms with Gasteiger partial charge < -0.3 is 5.73 Å². The van der Waals surface area contributed by atoms with Crippen LogP contribution in [0.15, 0.2) is 34.8 Å². The smallest absolute Gasteiger partial charge is 0.272 e. The molecule has 0 bridgehead atoms. The first kappa shape index (κ1) is 9.92. The predicted octanol–water partition coefficient (Wildman–Crippen LogP) is 1.42. The molecule has 1 aliphatic heterocycles. The van der Waals surface area contributed by atoms with Crippen LogP contribution < -0.4 is 10.6 Å². The first-order valence-electron chi connectivity index (χ1n) is 4.21. The quantitative estimate of drug-likeness (QED) is 0.618. The second kappa shape index (κ2) is 3.51. The number of benzene rings is 1. The molecule has 4 nitrogen and oxygen atoms in total. The number of nitrogens with two attached hydrogens (primary N) is 1. The van der Waals surface area contributed by atoms with Crippen molar-refractivity contribution in [1.29, 1.82) is 0 Å². The zero-order valence-corrected chi connectivity index (χ0v) is 9.19. The van der Waals surface area contributed by atoms with Crippen molar-refractivity contribution in [2.24, 2.45) is 0 Å². The van der Waals surface area contributed by atoms with Gasteiger partial charge in [-0.25, -0.2) is 4.90 Å². The molecule has 15 heavy (non-hydrogen) atoms. The van der Waals surface area contributed by atoms with Crippen LogP contribution in [0.2, 0.25) is 0 Å². The van der Waals surface area contributed by atoms with Gasteiger partial charge in [0, 0.05) is 11.8 Å². The molecule has 0 fully saturated rings. The topological polar surface area (TPSA) is 63.4 Å². The molecule has 0 aliphatic carbocycles. The summed E-state index contributed by atoms with van der Waals surface area (Å²) in [7, 11) is 0. The molecule has 0 spiro atoms. The average molecular weight is 267 g/mol. The number of imide groups is 1. The standard InChI is InChI=1S/C10H7BrN2O2/c11-8-5-9(14)13(10(8)15)7-3-1-6(12)2-4-7/h1-5H,12H2. The maximum absolute atomic E-state index is 11.6. The Morgan fingerprint density at radius 1 is 1.13 bits per heavy atom. The fourth-order valence-corrected chi connectivity index (χ4v) is 1.68. The normalized spacial score (nSPS) is 15.8. The number of nitrogens with zero attached hydrogens (tertiary/aromatic N) is 1. The van der Waals surface area contributed by atoms with Crippen molar-refractivity contribution < 1.29 is 9.59 Å². The molecule has 1 aromatic rings. The zero-order chi connectivity index (χ0) is 11.0. The number of anilines is 2. The Hall–Kier alpha value is -1.62. The van der Waals surface area contributed by atoms with E-state index < -0.39 is 0 Å². The number of carbonyl (C=O) groups is 2. The monoisotopic (exact) mass is 266 g/mol. The summed E-state index contributed by atoms with van der Waals surface area (Å²) in [6.07, 6.45) is 1.25. The van der Waals surface area contributed by atoms with Crippen LogP contribution in [0.25, 0.3) is 0 Å². The summed E-state index contributed by atoms with van der Waals surface area (Å²) < 4.78 is 0.268. The molecular formula is C10H7BrN2O2. The summed E-state index contributed by atoms with van der Waals surface area (Å²) in [6, 6.07) is 6.54. The van der Waals surface area contributed by atoms with Crippen molar-refractivity contribution in [1.82, 2.24) is 0 Å². The minimum absolute atomic E-state index is 0.268. The van der Waals surface area contributed by atoms with Crippen LogP contribution in [0.3, 0.4) is 0 Å². The van der Waals surface area contributed by atoms with Gasteiger partial charge in [-0.3, -0.25) is 9.59 Å². The summed E-state index contributed by atoms with van der Waals surface area (Å²) in [4.78, 5) is 24.1. The molecule has 0 aromatic heterocycles. The third-order valence-corrected chi connectivity index (χ3v) is 2.60. The number of halogens is 1. The van der Waals surface area contributed by atoms with E-state index in [1.54, 1.807) is 24.3 Å². The summed E-state index contributed by atoms with van der Waals surface area (Å²) in [5, 5.41) is 0. The average Bonchev–Trinajstić information content (AvgIpc) is 2.44. The molecule has 5 heteroatoms. The third kappa shape index (κ3) is 1.66. The molecule has 0 saturated carbocycles. The number of rotatable bonds is 1. The number of carbonyl (C=O) groups excluding carboxylic acids is 2. The van der Waals surface area contributed by atoms with E-state index in [2.05, 4.69) is 15.9 Å². The first-order valence-corrected chi connectivity index (χ1v) is 5.00. The lowest BCUT2D eigenvalue weighted by molar-refractivity contribution is -0.120. The number of hydrogen-bond donors (Lipinski definition) is 1. The van der Waals surface area contributed by atoms with Crippen molar-refractivity contribution in [3.05, 3.63) is 34.8 Å². The second-order valence-electron chi connectivity index (χ2n) is 3.06. The molecule has 0 saturated heterocycles.